The van der Waals surface area contributed by atoms with Crippen molar-refractivity contribution in [1.82, 2.24) is 0 Å². The van der Waals surface area contributed by atoms with Crippen molar-refractivity contribution in [3.05, 3.63) is 47.5 Å². The van der Waals surface area contributed by atoms with E-state index in [4.69, 9.17) is 18.6 Å². The minimum Gasteiger partial charge on any atom is -0.399 e. The van der Waals surface area contributed by atoms with Gasteiger partial charge in [-0.3, -0.25) is 0 Å². The first-order valence-corrected chi connectivity index (χ1v) is 11.6. The van der Waals surface area contributed by atoms with Gasteiger partial charge in [0.05, 0.1) is 22.4 Å². The molecular formula is C26H36B2O4. The van der Waals surface area contributed by atoms with Crippen LogP contribution in [0.2, 0.25) is 0 Å². The molecule has 2 aliphatic heterocycles. The summed E-state index contributed by atoms with van der Waals surface area (Å²) < 4.78 is 25.7. The second kappa shape index (κ2) is 7.46. The molecule has 0 radical (unpaired) electrons. The summed E-state index contributed by atoms with van der Waals surface area (Å²) in [5.41, 5.74) is 4.97. The van der Waals surface area contributed by atoms with Gasteiger partial charge in [0.25, 0.3) is 0 Å². The maximum Gasteiger partial charge on any atom is 0.495 e. The molecule has 0 aliphatic carbocycles. The lowest BCUT2D eigenvalue weighted by molar-refractivity contribution is 0.00578. The van der Waals surface area contributed by atoms with E-state index in [9.17, 15) is 0 Å². The first-order chi connectivity index (χ1) is 14.6. The minimum atomic E-state index is -0.452. The molecule has 32 heavy (non-hydrogen) atoms. The third-order valence-corrected chi connectivity index (χ3v) is 7.89. The van der Waals surface area contributed by atoms with Crippen LogP contribution in [0, 0.1) is 13.8 Å². The Morgan fingerprint density at radius 2 is 0.875 bits per heavy atom. The Labute approximate surface area is 194 Å². The molecule has 0 N–H and O–H groups in total. The summed E-state index contributed by atoms with van der Waals surface area (Å²) in [6, 6.07) is 13.0. The fourth-order valence-electron chi connectivity index (χ4n) is 4.10. The van der Waals surface area contributed by atoms with E-state index >= 15 is 0 Å². The Kier molecular flexibility index (Phi) is 5.49. The second-order valence-corrected chi connectivity index (χ2v) is 11.3. The molecule has 0 atom stereocenters. The molecule has 2 fully saturated rings. The maximum absolute atomic E-state index is 6.44. The van der Waals surface area contributed by atoms with E-state index in [0.717, 1.165) is 27.6 Å². The second-order valence-electron chi connectivity index (χ2n) is 11.3. The van der Waals surface area contributed by atoms with Gasteiger partial charge in [0, 0.05) is 0 Å². The fraction of sp³-hybridized carbons (Fsp3) is 0.538. The highest BCUT2D eigenvalue weighted by Gasteiger charge is 2.54. The SMILES string of the molecule is Cc1ccc(-c2cc(B3OC(C)(C)C(C)(C)O3)c(C)c(B3OC(C)(C)C(C)(C)O3)c2)cc1. The minimum absolute atomic E-state index is 0.408. The third-order valence-electron chi connectivity index (χ3n) is 7.89. The summed E-state index contributed by atoms with van der Waals surface area (Å²) in [6.45, 7) is 20.9. The number of aryl methyl sites for hydroxylation is 1. The molecule has 4 rings (SSSR count). The molecule has 0 bridgehead atoms. The largest absolute Gasteiger partial charge is 0.495 e. The molecule has 0 aromatic heterocycles. The van der Waals surface area contributed by atoms with Gasteiger partial charge in [-0.05, 0) is 91.3 Å². The maximum atomic E-state index is 6.44. The van der Waals surface area contributed by atoms with Crippen LogP contribution in [0.4, 0.5) is 0 Å². The Morgan fingerprint density at radius 1 is 0.531 bits per heavy atom. The number of hydrogen-bond donors (Lipinski definition) is 0. The van der Waals surface area contributed by atoms with Gasteiger partial charge in [-0.15, -0.1) is 0 Å². The van der Waals surface area contributed by atoms with E-state index in [1.807, 2.05) is 0 Å². The van der Waals surface area contributed by atoms with E-state index in [0.29, 0.717) is 0 Å². The standard InChI is InChI=1S/C26H36B2O4/c1-17-11-13-19(14-12-17)20-15-21(27-29-23(3,4)24(5,6)30-27)18(2)22(16-20)28-31-25(7,8)26(9,10)32-28/h11-16H,1-10H3. The summed E-state index contributed by atoms with van der Waals surface area (Å²) in [5.74, 6) is 0. The molecule has 6 heteroatoms. The Hall–Kier alpha value is -1.59. The number of rotatable bonds is 3. The molecule has 0 saturated carbocycles. The van der Waals surface area contributed by atoms with Gasteiger partial charge in [0.2, 0.25) is 0 Å². The highest BCUT2D eigenvalue weighted by Crippen LogP contribution is 2.39. The molecule has 2 heterocycles. The third kappa shape index (κ3) is 3.85. The highest BCUT2D eigenvalue weighted by atomic mass is 16.7. The van der Waals surface area contributed by atoms with Gasteiger partial charge in [-0.25, -0.2) is 0 Å². The topological polar surface area (TPSA) is 36.9 Å². The van der Waals surface area contributed by atoms with Crippen LogP contribution in [0.25, 0.3) is 11.1 Å². The molecule has 0 amide bonds. The van der Waals surface area contributed by atoms with Gasteiger partial charge in [-0.1, -0.05) is 47.5 Å². The molecule has 170 valence electrons. The summed E-state index contributed by atoms with van der Waals surface area (Å²) in [5, 5.41) is 0. The van der Waals surface area contributed by atoms with Gasteiger partial charge in [-0.2, -0.15) is 0 Å². The molecule has 0 spiro atoms. The van der Waals surface area contributed by atoms with Gasteiger partial charge in [0.15, 0.2) is 0 Å². The first kappa shape index (κ1) is 23.6. The van der Waals surface area contributed by atoms with E-state index in [-0.39, 0.29) is 0 Å². The van der Waals surface area contributed by atoms with Crippen LogP contribution < -0.4 is 10.9 Å². The van der Waals surface area contributed by atoms with Crippen molar-refractivity contribution >= 4 is 25.2 Å². The van der Waals surface area contributed by atoms with Crippen molar-refractivity contribution in [2.24, 2.45) is 0 Å². The van der Waals surface area contributed by atoms with Crippen LogP contribution in [-0.4, -0.2) is 36.6 Å². The van der Waals surface area contributed by atoms with E-state index in [1.54, 1.807) is 0 Å². The van der Waals surface area contributed by atoms with Crippen molar-refractivity contribution in [3.63, 3.8) is 0 Å². The van der Waals surface area contributed by atoms with Crippen LogP contribution in [-0.2, 0) is 18.6 Å². The van der Waals surface area contributed by atoms with Gasteiger partial charge >= 0.3 is 14.2 Å². The van der Waals surface area contributed by atoms with Crippen LogP contribution >= 0.6 is 0 Å². The average molecular weight is 434 g/mol. The summed E-state index contributed by atoms with van der Waals surface area (Å²) in [6.07, 6.45) is 0. The normalized spacial score (nSPS) is 23.1. The lowest BCUT2D eigenvalue weighted by atomic mass is 9.66. The molecule has 2 aliphatic rings. The zero-order chi connectivity index (χ0) is 23.7. The number of hydrogen-bond acceptors (Lipinski definition) is 4. The molecule has 0 unspecified atom stereocenters. The molecule has 2 saturated heterocycles. The smallest absolute Gasteiger partial charge is 0.399 e. The summed E-state index contributed by atoms with van der Waals surface area (Å²) in [4.78, 5) is 0. The quantitative estimate of drug-likeness (QED) is 0.664. The van der Waals surface area contributed by atoms with Crippen molar-refractivity contribution < 1.29 is 18.6 Å². The van der Waals surface area contributed by atoms with E-state index in [1.165, 1.54) is 5.56 Å². The molecule has 2 aromatic rings. The van der Waals surface area contributed by atoms with Crippen LogP contribution in [0.15, 0.2) is 36.4 Å². The van der Waals surface area contributed by atoms with Crippen LogP contribution in [0.5, 0.6) is 0 Å². The monoisotopic (exact) mass is 434 g/mol. The Morgan fingerprint density at radius 3 is 1.22 bits per heavy atom. The number of benzene rings is 2. The van der Waals surface area contributed by atoms with Crippen molar-refractivity contribution in [1.29, 1.82) is 0 Å². The average Bonchev–Trinajstić information content (AvgIpc) is 3.02. The zero-order valence-electron chi connectivity index (χ0n) is 21.3. The highest BCUT2D eigenvalue weighted by molar-refractivity contribution is 6.67. The first-order valence-electron chi connectivity index (χ1n) is 11.6. The van der Waals surface area contributed by atoms with Crippen LogP contribution in [0.1, 0.15) is 66.5 Å². The van der Waals surface area contributed by atoms with E-state index < -0.39 is 36.6 Å². The lowest BCUT2D eigenvalue weighted by Crippen LogP contribution is -2.44. The molecule has 4 nitrogen and oxygen atoms in total. The lowest BCUT2D eigenvalue weighted by Gasteiger charge is -2.32. The van der Waals surface area contributed by atoms with Crippen molar-refractivity contribution in [2.45, 2.75) is 91.6 Å². The Balaban J connectivity index is 1.84. The van der Waals surface area contributed by atoms with Gasteiger partial charge < -0.3 is 18.6 Å². The zero-order valence-corrected chi connectivity index (χ0v) is 21.3. The Bertz CT molecular complexity index is 936. The fourth-order valence-corrected chi connectivity index (χ4v) is 4.10. The van der Waals surface area contributed by atoms with Crippen molar-refractivity contribution in [3.8, 4) is 11.1 Å². The van der Waals surface area contributed by atoms with Gasteiger partial charge in [0.1, 0.15) is 0 Å². The molecule has 2 aromatic carbocycles. The van der Waals surface area contributed by atoms with E-state index in [2.05, 4.69) is 106 Å². The summed E-state index contributed by atoms with van der Waals surface area (Å²) in [7, 11) is -0.904. The summed E-state index contributed by atoms with van der Waals surface area (Å²) >= 11 is 0. The predicted molar refractivity (Wildman–Crippen MR) is 133 cm³/mol. The van der Waals surface area contributed by atoms with Crippen molar-refractivity contribution in [2.75, 3.05) is 0 Å². The molecular weight excluding hydrogens is 398 g/mol. The predicted octanol–water partition coefficient (Wildman–Crippen LogP) is 4.57. The van der Waals surface area contributed by atoms with Crippen LogP contribution in [0.3, 0.4) is 0 Å².